The second-order valence-corrected chi connectivity index (χ2v) is 6.13. The highest BCUT2D eigenvalue weighted by molar-refractivity contribution is 6.35. The Morgan fingerprint density at radius 2 is 1.67 bits per heavy atom. The van der Waals surface area contributed by atoms with Gasteiger partial charge in [-0.15, -0.1) is 0 Å². The normalized spacial score (nSPS) is 21.4. The number of carbonyl (C=O) groups excluding carboxylic acids is 2. The van der Waals surface area contributed by atoms with Crippen LogP contribution >= 0.6 is 23.2 Å². The molecule has 2 amide bonds. The van der Waals surface area contributed by atoms with Gasteiger partial charge in [0.25, 0.3) is 5.91 Å². The summed E-state index contributed by atoms with van der Waals surface area (Å²) < 4.78 is 0. The first-order valence-electron chi connectivity index (χ1n) is 6.96. The number of nitrogens with one attached hydrogen (secondary N) is 1. The molecular weight excluding hydrogens is 311 g/mol. The molecule has 0 aliphatic carbocycles. The molecule has 1 aliphatic heterocycles. The summed E-state index contributed by atoms with van der Waals surface area (Å²) in [6, 6.07) is 4.30. The van der Waals surface area contributed by atoms with E-state index in [1.165, 1.54) is 4.90 Å². The maximum absolute atomic E-state index is 12.9. The lowest BCUT2D eigenvalue weighted by Gasteiger charge is -2.44. The number of amides is 2. The van der Waals surface area contributed by atoms with Crippen LogP contribution in [0.5, 0.6) is 0 Å². The minimum Gasteiger partial charge on any atom is -0.340 e. The third-order valence-corrected chi connectivity index (χ3v) is 4.53. The fourth-order valence-corrected chi connectivity index (χ4v) is 3.18. The van der Waals surface area contributed by atoms with Gasteiger partial charge in [-0.25, -0.2) is 0 Å². The quantitative estimate of drug-likeness (QED) is 0.924. The summed E-state index contributed by atoms with van der Waals surface area (Å²) in [6.45, 7) is 5.47. The van der Waals surface area contributed by atoms with Crippen LogP contribution in [0.15, 0.2) is 18.2 Å². The van der Waals surface area contributed by atoms with E-state index in [-0.39, 0.29) is 11.8 Å². The first kappa shape index (κ1) is 16.1. The zero-order valence-corrected chi connectivity index (χ0v) is 13.8. The molecule has 114 valence electrons. The molecule has 0 aromatic heterocycles. The van der Waals surface area contributed by atoms with Crippen molar-refractivity contribution in [1.29, 1.82) is 0 Å². The lowest BCUT2D eigenvalue weighted by Crippen LogP contribution is -2.69. The van der Waals surface area contributed by atoms with Crippen LogP contribution < -0.4 is 10.2 Å². The second-order valence-electron chi connectivity index (χ2n) is 5.26. The Kier molecular flexibility index (Phi) is 4.49. The van der Waals surface area contributed by atoms with Crippen LogP contribution in [-0.4, -0.2) is 23.4 Å². The topological polar surface area (TPSA) is 49.4 Å². The van der Waals surface area contributed by atoms with Crippen LogP contribution in [0, 0.1) is 0 Å². The van der Waals surface area contributed by atoms with Gasteiger partial charge in [0, 0.05) is 15.7 Å². The molecule has 0 bridgehead atoms. The van der Waals surface area contributed by atoms with Gasteiger partial charge in [0.2, 0.25) is 5.91 Å². The number of halogens is 2. The zero-order valence-electron chi connectivity index (χ0n) is 12.2. The summed E-state index contributed by atoms with van der Waals surface area (Å²) in [6.07, 6.45) is 1.07. The Hall–Kier alpha value is -1.26. The van der Waals surface area contributed by atoms with Crippen molar-refractivity contribution in [2.45, 2.75) is 45.2 Å². The number of nitrogens with zero attached hydrogens (tertiary/aromatic N) is 1. The number of anilines is 1. The highest BCUT2D eigenvalue weighted by atomic mass is 35.5. The van der Waals surface area contributed by atoms with Crippen molar-refractivity contribution in [2.24, 2.45) is 0 Å². The maximum Gasteiger partial charge on any atom is 0.253 e. The number of benzene rings is 1. The molecule has 6 heteroatoms. The Morgan fingerprint density at radius 3 is 2.14 bits per heavy atom. The lowest BCUT2D eigenvalue weighted by molar-refractivity contribution is -0.138. The van der Waals surface area contributed by atoms with E-state index in [9.17, 15) is 9.59 Å². The van der Waals surface area contributed by atoms with Gasteiger partial charge in [-0.3, -0.25) is 14.5 Å². The largest absolute Gasteiger partial charge is 0.340 e. The van der Waals surface area contributed by atoms with E-state index in [1.54, 1.807) is 25.1 Å². The van der Waals surface area contributed by atoms with Gasteiger partial charge in [0.15, 0.2) is 0 Å². The van der Waals surface area contributed by atoms with Crippen molar-refractivity contribution in [3.05, 3.63) is 28.2 Å². The Labute approximate surface area is 134 Å². The summed E-state index contributed by atoms with van der Waals surface area (Å²) in [5.74, 6) is -0.299. The van der Waals surface area contributed by atoms with Gasteiger partial charge >= 0.3 is 0 Å². The molecule has 1 atom stereocenters. The number of hydrogen-bond donors (Lipinski definition) is 1. The van der Waals surface area contributed by atoms with Crippen molar-refractivity contribution in [3.63, 3.8) is 0 Å². The number of rotatable bonds is 3. The molecule has 0 radical (unpaired) electrons. The van der Waals surface area contributed by atoms with Crippen LogP contribution in [-0.2, 0) is 9.59 Å². The van der Waals surface area contributed by atoms with E-state index < -0.39 is 11.6 Å². The van der Waals surface area contributed by atoms with E-state index in [2.05, 4.69) is 5.32 Å². The molecule has 1 saturated heterocycles. The average molecular weight is 329 g/mol. The van der Waals surface area contributed by atoms with Crippen LogP contribution in [0.3, 0.4) is 0 Å². The SMILES string of the molecule is CCC1(CC)NC(=O)C(C)N(c2cc(Cl)cc(Cl)c2)C1=O. The van der Waals surface area contributed by atoms with Gasteiger partial charge in [0.1, 0.15) is 11.6 Å². The highest BCUT2D eigenvalue weighted by Crippen LogP contribution is 2.32. The second kappa shape index (κ2) is 5.85. The molecule has 1 aromatic carbocycles. The summed E-state index contributed by atoms with van der Waals surface area (Å²) in [7, 11) is 0. The predicted molar refractivity (Wildman–Crippen MR) is 84.9 cm³/mol. The third kappa shape index (κ3) is 2.74. The van der Waals surface area contributed by atoms with Crippen molar-refractivity contribution in [3.8, 4) is 0 Å². The highest BCUT2D eigenvalue weighted by Gasteiger charge is 2.48. The Morgan fingerprint density at radius 1 is 1.14 bits per heavy atom. The van der Waals surface area contributed by atoms with E-state index >= 15 is 0 Å². The molecular formula is C15H18Cl2N2O2. The molecule has 1 aliphatic rings. The maximum atomic E-state index is 12.9. The standard InChI is InChI=1S/C15H18Cl2N2O2/c1-4-15(5-2)14(21)19(9(3)13(20)18-15)12-7-10(16)6-11(17)8-12/h6-9H,4-5H2,1-3H3,(H,18,20). The fraction of sp³-hybridized carbons (Fsp3) is 0.467. The minimum atomic E-state index is -0.863. The number of hydrogen-bond acceptors (Lipinski definition) is 2. The summed E-state index contributed by atoms with van der Waals surface area (Å²) in [4.78, 5) is 26.7. The van der Waals surface area contributed by atoms with Crippen LogP contribution in [0.1, 0.15) is 33.6 Å². The smallest absolute Gasteiger partial charge is 0.253 e. The molecule has 0 spiro atoms. The average Bonchev–Trinajstić information content (AvgIpc) is 2.42. The van der Waals surface area contributed by atoms with Gasteiger partial charge in [-0.2, -0.15) is 0 Å². The van der Waals surface area contributed by atoms with Gasteiger partial charge in [0.05, 0.1) is 0 Å². The zero-order chi connectivity index (χ0) is 15.8. The third-order valence-electron chi connectivity index (χ3n) is 4.09. The van der Waals surface area contributed by atoms with Gasteiger partial charge < -0.3 is 5.32 Å². The Balaban J connectivity index is 2.53. The minimum absolute atomic E-state index is 0.127. The molecule has 21 heavy (non-hydrogen) atoms. The predicted octanol–water partition coefficient (Wildman–Crippen LogP) is 3.40. The summed E-state index contributed by atoms with van der Waals surface area (Å²) in [5, 5.41) is 3.73. The van der Waals surface area contributed by atoms with Crippen molar-refractivity contribution in [2.75, 3.05) is 4.90 Å². The molecule has 2 rings (SSSR count). The van der Waals surface area contributed by atoms with E-state index in [1.807, 2.05) is 13.8 Å². The Bertz CT molecular complexity index is 565. The molecule has 1 heterocycles. The fourth-order valence-electron chi connectivity index (χ4n) is 2.67. The van der Waals surface area contributed by atoms with Gasteiger partial charge in [-0.1, -0.05) is 37.0 Å². The lowest BCUT2D eigenvalue weighted by atomic mass is 9.87. The van der Waals surface area contributed by atoms with Crippen LogP contribution in [0.4, 0.5) is 5.69 Å². The van der Waals surface area contributed by atoms with Crippen molar-refractivity contribution < 1.29 is 9.59 Å². The van der Waals surface area contributed by atoms with Crippen LogP contribution in [0.25, 0.3) is 0 Å². The van der Waals surface area contributed by atoms with Crippen LogP contribution in [0.2, 0.25) is 10.0 Å². The van der Waals surface area contributed by atoms with E-state index in [0.717, 1.165) is 0 Å². The molecule has 4 nitrogen and oxygen atoms in total. The monoisotopic (exact) mass is 328 g/mol. The van der Waals surface area contributed by atoms with Gasteiger partial charge in [-0.05, 0) is 38.0 Å². The van der Waals surface area contributed by atoms with Crippen molar-refractivity contribution >= 4 is 40.7 Å². The first-order chi connectivity index (χ1) is 9.84. The van der Waals surface area contributed by atoms with Crippen molar-refractivity contribution in [1.82, 2.24) is 5.32 Å². The molecule has 1 fully saturated rings. The molecule has 1 N–H and O–H groups in total. The van der Waals surface area contributed by atoms with E-state index in [4.69, 9.17) is 23.2 Å². The summed E-state index contributed by atoms with van der Waals surface area (Å²) in [5.41, 5.74) is -0.315. The number of piperazine rings is 1. The first-order valence-corrected chi connectivity index (χ1v) is 7.72. The molecule has 0 saturated carbocycles. The van der Waals surface area contributed by atoms with E-state index in [0.29, 0.717) is 28.6 Å². The number of carbonyl (C=O) groups is 2. The molecule has 1 unspecified atom stereocenters. The molecule has 1 aromatic rings. The summed E-state index contributed by atoms with van der Waals surface area (Å²) >= 11 is 12.0.